The first kappa shape index (κ1) is 17.3. The van der Waals surface area contributed by atoms with E-state index in [9.17, 15) is 4.79 Å². The molecule has 0 bridgehead atoms. The Kier molecular flexibility index (Phi) is 3.90. The smallest absolute Gasteiger partial charge is 0.226 e. The average molecular weight is 404 g/mol. The van der Waals surface area contributed by atoms with E-state index in [2.05, 4.69) is 15.4 Å². The molecule has 0 amide bonds. The number of allylic oxidation sites excluding steroid dienone is 2. The van der Waals surface area contributed by atoms with E-state index in [1.54, 1.807) is 10.9 Å². The number of furan rings is 1. The Morgan fingerprint density at radius 2 is 2.00 bits per heavy atom. The first-order valence-electron chi connectivity index (χ1n) is 10.1. The fourth-order valence-electron chi connectivity index (χ4n) is 4.53. The standard InChI is InChI=1S/C22H20N4O4/c27-16-10-14(17-3-1-6-28-17)9-15-20(16)21(26-22(25-15)23-12-24-26)13-4-5-18-19(11-13)30-8-2-7-29-18/h1,3-6,11-12,14,21H,2,7-10H2,(H,23,24,25). The minimum atomic E-state index is -0.360. The molecule has 3 aromatic rings. The summed E-state index contributed by atoms with van der Waals surface area (Å²) in [5.41, 5.74) is 2.53. The SMILES string of the molecule is O=C1CC(c2ccco2)CC2=C1C(c1ccc3c(c1)OCCCO3)n1ncnc1N2. The van der Waals surface area contributed by atoms with Gasteiger partial charge in [-0.2, -0.15) is 10.1 Å². The topological polar surface area (TPSA) is 91.4 Å². The lowest BCUT2D eigenvalue weighted by Gasteiger charge is -2.34. The molecule has 6 rings (SSSR count). The van der Waals surface area contributed by atoms with E-state index in [1.807, 2.05) is 30.3 Å². The molecule has 8 nitrogen and oxygen atoms in total. The second kappa shape index (κ2) is 6.76. The number of benzene rings is 1. The van der Waals surface area contributed by atoms with Crippen LogP contribution in [-0.2, 0) is 4.79 Å². The van der Waals surface area contributed by atoms with Gasteiger partial charge in [-0.15, -0.1) is 0 Å². The number of ether oxygens (including phenoxy) is 2. The molecule has 0 radical (unpaired) electrons. The van der Waals surface area contributed by atoms with Crippen molar-refractivity contribution in [2.45, 2.75) is 31.2 Å². The van der Waals surface area contributed by atoms with Gasteiger partial charge in [0.1, 0.15) is 18.1 Å². The predicted octanol–water partition coefficient (Wildman–Crippen LogP) is 3.45. The lowest BCUT2D eigenvalue weighted by Crippen LogP contribution is -2.33. The van der Waals surface area contributed by atoms with Crippen LogP contribution >= 0.6 is 0 Å². The van der Waals surface area contributed by atoms with Gasteiger partial charge in [0.25, 0.3) is 0 Å². The molecular formula is C22H20N4O4. The summed E-state index contributed by atoms with van der Waals surface area (Å²) in [5.74, 6) is 2.98. The number of ketones is 1. The molecule has 2 atom stereocenters. The van der Waals surface area contributed by atoms with E-state index in [1.165, 1.54) is 6.33 Å². The molecule has 2 unspecified atom stereocenters. The van der Waals surface area contributed by atoms with Crippen LogP contribution in [0.4, 0.5) is 5.95 Å². The molecule has 30 heavy (non-hydrogen) atoms. The van der Waals surface area contributed by atoms with Crippen molar-refractivity contribution in [3.63, 3.8) is 0 Å². The monoisotopic (exact) mass is 404 g/mol. The minimum absolute atomic E-state index is 0.0117. The molecule has 1 aliphatic carbocycles. The second-order valence-electron chi connectivity index (χ2n) is 7.75. The second-order valence-corrected chi connectivity index (χ2v) is 7.75. The number of hydrogen-bond acceptors (Lipinski definition) is 7. The number of anilines is 1. The highest BCUT2D eigenvalue weighted by molar-refractivity contribution is 6.00. The maximum absolute atomic E-state index is 13.3. The fourth-order valence-corrected chi connectivity index (χ4v) is 4.53. The van der Waals surface area contributed by atoms with Crippen LogP contribution in [0.1, 0.15) is 42.5 Å². The van der Waals surface area contributed by atoms with Gasteiger partial charge in [-0.25, -0.2) is 4.68 Å². The Balaban J connectivity index is 1.45. The average Bonchev–Trinajstić information content (AvgIpc) is 3.40. The Bertz CT molecular complexity index is 1150. The number of hydrogen-bond donors (Lipinski definition) is 1. The zero-order valence-electron chi connectivity index (χ0n) is 16.2. The van der Waals surface area contributed by atoms with Crippen LogP contribution in [0.2, 0.25) is 0 Å². The van der Waals surface area contributed by atoms with Crippen LogP contribution in [0.3, 0.4) is 0 Å². The van der Waals surface area contributed by atoms with Gasteiger partial charge in [0.15, 0.2) is 17.3 Å². The Hall–Kier alpha value is -3.55. The molecule has 3 aliphatic rings. The van der Waals surface area contributed by atoms with Crippen molar-refractivity contribution in [2.24, 2.45) is 0 Å². The molecule has 1 N–H and O–H groups in total. The van der Waals surface area contributed by atoms with Crippen molar-refractivity contribution < 1.29 is 18.7 Å². The highest BCUT2D eigenvalue weighted by Gasteiger charge is 2.40. The highest BCUT2D eigenvalue weighted by Crippen LogP contribution is 2.45. The van der Waals surface area contributed by atoms with Crippen LogP contribution in [-0.4, -0.2) is 33.8 Å². The van der Waals surface area contributed by atoms with E-state index >= 15 is 0 Å². The summed E-state index contributed by atoms with van der Waals surface area (Å²) in [6.45, 7) is 1.24. The van der Waals surface area contributed by atoms with Crippen LogP contribution in [0.25, 0.3) is 0 Å². The Morgan fingerprint density at radius 3 is 2.87 bits per heavy atom. The van der Waals surface area contributed by atoms with Crippen molar-refractivity contribution in [1.29, 1.82) is 0 Å². The quantitative estimate of drug-likeness (QED) is 0.699. The van der Waals surface area contributed by atoms with Crippen molar-refractivity contribution in [3.05, 3.63) is 65.5 Å². The number of nitrogens with zero attached hydrogens (tertiary/aromatic N) is 3. The summed E-state index contributed by atoms with van der Waals surface area (Å²) in [4.78, 5) is 17.7. The third kappa shape index (κ3) is 2.71. The molecule has 2 aliphatic heterocycles. The predicted molar refractivity (Wildman–Crippen MR) is 107 cm³/mol. The molecule has 4 heterocycles. The molecule has 152 valence electrons. The lowest BCUT2D eigenvalue weighted by atomic mass is 9.79. The summed E-state index contributed by atoms with van der Waals surface area (Å²) >= 11 is 0. The van der Waals surface area contributed by atoms with Gasteiger partial charge in [-0.1, -0.05) is 6.07 Å². The van der Waals surface area contributed by atoms with Crippen molar-refractivity contribution in [2.75, 3.05) is 18.5 Å². The minimum Gasteiger partial charge on any atom is -0.490 e. The molecule has 1 aromatic carbocycles. The number of nitrogens with one attached hydrogen (secondary N) is 1. The third-order valence-corrected chi connectivity index (χ3v) is 5.89. The molecule has 0 fully saturated rings. The molecular weight excluding hydrogens is 384 g/mol. The molecule has 2 aromatic heterocycles. The summed E-state index contributed by atoms with van der Waals surface area (Å²) < 4.78 is 19.0. The van der Waals surface area contributed by atoms with Gasteiger partial charge in [0.2, 0.25) is 5.95 Å². The lowest BCUT2D eigenvalue weighted by molar-refractivity contribution is -0.117. The fraction of sp³-hybridized carbons (Fsp3) is 0.318. The van der Waals surface area contributed by atoms with Crippen molar-refractivity contribution >= 4 is 11.7 Å². The highest BCUT2D eigenvalue weighted by atomic mass is 16.5. The first-order chi connectivity index (χ1) is 14.8. The molecule has 0 saturated carbocycles. The summed E-state index contributed by atoms with van der Waals surface area (Å²) in [7, 11) is 0. The van der Waals surface area contributed by atoms with Crippen LogP contribution in [0.5, 0.6) is 11.5 Å². The normalized spacial score (nSPS) is 22.7. The van der Waals surface area contributed by atoms with Gasteiger partial charge in [-0.05, 0) is 36.2 Å². The van der Waals surface area contributed by atoms with Gasteiger partial charge < -0.3 is 19.2 Å². The summed E-state index contributed by atoms with van der Waals surface area (Å²) in [6, 6.07) is 9.27. The Morgan fingerprint density at radius 1 is 1.10 bits per heavy atom. The maximum Gasteiger partial charge on any atom is 0.226 e. The maximum atomic E-state index is 13.3. The zero-order chi connectivity index (χ0) is 20.1. The number of aromatic nitrogens is 3. The van der Waals surface area contributed by atoms with E-state index in [0.717, 1.165) is 34.8 Å². The number of fused-ring (bicyclic) bond motifs is 2. The van der Waals surface area contributed by atoms with Crippen molar-refractivity contribution in [3.8, 4) is 11.5 Å². The number of carbonyl (C=O) groups excluding carboxylic acids is 1. The number of carbonyl (C=O) groups is 1. The molecule has 8 heteroatoms. The van der Waals surface area contributed by atoms with Crippen LogP contribution in [0, 0.1) is 0 Å². The number of rotatable bonds is 2. The van der Waals surface area contributed by atoms with E-state index < -0.39 is 0 Å². The van der Waals surface area contributed by atoms with Gasteiger partial charge in [0.05, 0.1) is 19.5 Å². The van der Waals surface area contributed by atoms with E-state index in [-0.39, 0.29) is 17.7 Å². The van der Waals surface area contributed by atoms with Crippen LogP contribution < -0.4 is 14.8 Å². The largest absolute Gasteiger partial charge is 0.490 e. The van der Waals surface area contributed by atoms with Gasteiger partial charge in [0, 0.05) is 30.0 Å². The summed E-state index contributed by atoms with van der Waals surface area (Å²) in [5, 5.41) is 7.73. The summed E-state index contributed by atoms with van der Waals surface area (Å²) in [6.07, 6.45) is 5.08. The zero-order valence-corrected chi connectivity index (χ0v) is 16.2. The Labute approximate surface area is 172 Å². The molecule has 0 saturated heterocycles. The first-order valence-corrected chi connectivity index (χ1v) is 10.1. The van der Waals surface area contributed by atoms with Crippen molar-refractivity contribution in [1.82, 2.24) is 14.8 Å². The van der Waals surface area contributed by atoms with E-state index in [4.69, 9.17) is 13.9 Å². The van der Waals surface area contributed by atoms with Gasteiger partial charge >= 0.3 is 0 Å². The van der Waals surface area contributed by atoms with Gasteiger partial charge in [-0.3, -0.25) is 4.79 Å². The van der Waals surface area contributed by atoms with E-state index in [0.29, 0.717) is 37.8 Å². The third-order valence-electron chi connectivity index (χ3n) is 5.89. The molecule has 0 spiro atoms. The number of Topliss-reactive ketones (excluding diaryl/α,β-unsaturated/α-hetero) is 1. The van der Waals surface area contributed by atoms with Crippen LogP contribution in [0.15, 0.2) is 58.6 Å².